The third-order valence-corrected chi connectivity index (χ3v) is 4.62. The van der Waals surface area contributed by atoms with Gasteiger partial charge in [0, 0.05) is 23.4 Å². The van der Waals surface area contributed by atoms with Crippen LogP contribution in [0.25, 0.3) is 22.4 Å². The number of hydrogen-bond donors (Lipinski definition) is 1. The molecule has 6 heteroatoms. The summed E-state index contributed by atoms with van der Waals surface area (Å²) in [6.07, 6.45) is 1.75. The van der Waals surface area contributed by atoms with Crippen LogP contribution in [0, 0.1) is 0 Å². The molecule has 0 amide bonds. The van der Waals surface area contributed by atoms with Crippen molar-refractivity contribution >= 4 is 22.9 Å². The Hall–Kier alpha value is -3.80. The number of benzene rings is 3. The number of fused-ring (bicyclic) bond motifs is 1. The van der Waals surface area contributed by atoms with E-state index in [1.807, 2.05) is 54.6 Å². The van der Waals surface area contributed by atoms with Gasteiger partial charge < -0.3 is 19.2 Å². The Morgan fingerprint density at radius 2 is 1.52 bits per heavy atom. The van der Waals surface area contributed by atoms with E-state index >= 15 is 0 Å². The molecule has 1 N–H and O–H groups in total. The number of nitrogens with one attached hydrogen (secondary N) is 1. The first-order chi connectivity index (χ1) is 14.2. The highest BCUT2D eigenvalue weighted by molar-refractivity contribution is 5.87. The topological polar surface area (TPSA) is 68.7 Å². The smallest absolute Gasteiger partial charge is 0.164 e. The summed E-state index contributed by atoms with van der Waals surface area (Å²) in [6.45, 7) is 0. The number of imidazole rings is 1. The third kappa shape index (κ3) is 3.78. The number of hydrogen-bond acceptors (Lipinski definition) is 5. The highest BCUT2D eigenvalue weighted by Gasteiger charge is 2.10. The number of para-hydroxylation sites is 2. The minimum absolute atomic E-state index is 0.608. The summed E-state index contributed by atoms with van der Waals surface area (Å²) in [5.74, 6) is 2.72. The highest BCUT2D eigenvalue weighted by atomic mass is 16.5. The SMILES string of the molecule is COc1cc(OC)c(OC)cc1C=Nc1ccc(-c2nc3ccccc3[nH]2)cc1. The second-order valence-corrected chi connectivity index (χ2v) is 6.36. The van der Waals surface area contributed by atoms with Crippen LogP contribution in [0.3, 0.4) is 0 Å². The van der Waals surface area contributed by atoms with Crippen molar-refractivity contribution in [3.63, 3.8) is 0 Å². The summed E-state index contributed by atoms with van der Waals surface area (Å²) in [5.41, 5.74) is 4.59. The molecule has 146 valence electrons. The molecule has 0 fully saturated rings. The quantitative estimate of drug-likeness (QED) is 0.472. The molecule has 29 heavy (non-hydrogen) atoms. The molecule has 0 atom stereocenters. The molecule has 0 aliphatic heterocycles. The van der Waals surface area contributed by atoms with Gasteiger partial charge in [0.2, 0.25) is 0 Å². The Labute approximate surface area is 168 Å². The predicted molar refractivity (Wildman–Crippen MR) is 115 cm³/mol. The number of aliphatic imine (C=N–C) groups is 1. The summed E-state index contributed by atoms with van der Waals surface area (Å²) in [5, 5.41) is 0. The van der Waals surface area contributed by atoms with E-state index in [1.54, 1.807) is 33.6 Å². The Kier molecular flexibility index (Phi) is 5.16. The number of aromatic amines is 1. The number of rotatable bonds is 6. The molecule has 0 unspecified atom stereocenters. The molecule has 0 radical (unpaired) electrons. The Bertz CT molecular complexity index is 1130. The molecule has 3 aromatic carbocycles. The molecule has 0 saturated heterocycles. The van der Waals surface area contributed by atoms with Gasteiger partial charge in [-0.2, -0.15) is 0 Å². The first kappa shape index (κ1) is 18.6. The fourth-order valence-corrected chi connectivity index (χ4v) is 3.09. The van der Waals surface area contributed by atoms with Crippen molar-refractivity contribution in [2.45, 2.75) is 0 Å². The molecular formula is C23H21N3O3. The highest BCUT2D eigenvalue weighted by Crippen LogP contribution is 2.34. The number of aromatic nitrogens is 2. The van der Waals surface area contributed by atoms with Crippen molar-refractivity contribution in [3.8, 4) is 28.6 Å². The summed E-state index contributed by atoms with van der Waals surface area (Å²) in [7, 11) is 4.80. The van der Waals surface area contributed by atoms with Gasteiger partial charge in [0.1, 0.15) is 11.6 Å². The lowest BCUT2D eigenvalue weighted by Gasteiger charge is -2.11. The maximum absolute atomic E-state index is 5.44. The number of ether oxygens (including phenoxy) is 3. The Balaban J connectivity index is 1.59. The van der Waals surface area contributed by atoms with E-state index in [0.29, 0.717) is 17.2 Å². The van der Waals surface area contributed by atoms with Gasteiger partial charge in [0.25, 0.3) is 0 Å². The molecule has 0 aliphatic carbocycles. The standard InChI is InChI=1S/C23H21N3O3/c1-27-20-13-22(29-3)21(28-2)12-16(20)14-24-17-10-8-15(9-11-17)23-25-18-6-4-5-7-19(18)26-23/h4-14H,1-3H3,(H,25,26). The maximum atomic E-state index is 5.44. The van der Waals surface area contributed by atoms with Crippen LogP contribution in [-0.4, -0.2) is 37.5 Å². The first-order valence-electron chi connectivity index (χ1n) is 9.11. The Morgan fingerprint density at radius 3 is 2.21 bits per heavy atom. The van der Waals surface area contributed by atoms with E-state index < -0.39 is 0 Å². The lowest BCUT2D eigenvalue weighted by molar-refractivity contribution is 0.349. The minimum atomic E-state index is 0.608. The van der Waals surface area contributed by atoms with Crippen molar-refractivity contribution in [2.75, 3.05) is 21.3 Å². The van der Waals surface area contributed by atoms with Crippen molar-refractivity contribution in [1.29, 1.82) is 0 Å². The third-order valence-electron chi connectivity index (χ3n) is 4.62. The van der Waals surface area contributed by atoms with Crippen LogP contribution in [0.5, 0.6) is 17.2 Å². The van der Waals surface area contributed by atoms with E-state index in [4.69, 9.17) is 14.2 Å². The van der Waals surface area contributed by atoms with Gasteiger partial charge >= 0.3 is 0 Å². The zero-order valence-corrected chi connectivity index (χ0v) is 16.5. The van der Waals surface area contributed by atoms with Crippen LogP contribution in [-0.2, 0) is 0 Å². The second kappa shape index (κ2) is 8.06. The lowest BCUT2D eigenvalue weighted by Crippen LogP contribution is -1.96. The zero-order chi connectivity index (χ0) is 20.2. The van der Waals surface area contributed by atoms with Gasteiger partial charge in [-0.1, -0.05) is 12.1 Å². The lowest BCUT2D eigenvalue weighted by atomic mass is 10.1. The van der Waals surface area contributed by atoms with Crippen molar-refractivity contribution in [3.05, 3.63) is 66.2 Å². The number of H-pyrrole nitrogens is 1. The van der Waals surface area contributed by atoms with E-state index in [9.17, 15) is 0 Å². The van der Waals surface area contributed by atoms with Crippen LogP contribution in [0.2, 0.25) is 0 Å². The maximum Gasteiger partial charge on any atom is 0.164 e. The van der Waals surface area contributed by atoms with Gasteiger partial charge in [0.15, 0.2) is 11.5 Å². The molecule has 0 spiro atoms. The van der Waals surface area contributed by atoms with Gasteiger partial charge in [0.05, 0.1) is 38.1 Å². The van der Waals surface area contributed by atoms with Crippen LogP contribution < -0.4 is 14.2 Å². The molecule has 6 nitrogen and oxygen atoms in total. The summed E-state index contributed by atoms with van der Waals surface area (Å²) in [6, 6.07) is 19.5. The average molecular weight is 387 g/mol. The van der Waals surface area contributed by atoms with Gasteiger partial charge in [-0.25, -0.2) is 4.98 Å². The Morgan fingerprint density at radius 1 is 0.828 bits per heavy atom. The summed E-state index contributed by atoms with van der Waals surface area (Å²) < 4.78 is 16.1. The monoisotopic (exact) mass is 387 g/mol. The van der Waals surface area contributed by atoms with E-state index in [1.165, 1.54) is 0 Å². The molecule has 0 aliphatic rings. The fourth-order valence-electron chi connectivity index (χ4n) is 3.09. The van der Waals surface area contributed by atoms with Crippen molar-refractivity contribution in [1.82, 2.24) is 9.97 Å². The summed E-state index contributed by atoms with van der Waals surface area (Å²) in [4.78, 5) is 12.5. The molecule has 0 saturated carbocycles. The zero-order valence-electron chi connectivity index (χ0n) is 16.5. The van der Waals surface area contributed by atoms with Crippen molar-refractivity contribution in [2.24, 2.45) is 4.99 Å². The van der Waals surface area contributed by atoms with E-state index in [-0.39, 0.29) is 0 Å². The minimum Gasteiger partial charge on any atom is -0.496 e. The summed E-state index contributed by atoms with van der Waals surface area (Å²) >= 11 is 0. The predicted octanol–water partition coefficient (Wildman–Crippen LogP) is 5.01. The second-order valence-electron chi connectivity index (χ2n) is 6.36. The van der Waals surface area contributed by atoms with Crippen LogP contribution in [0.1, 0.15) is 5.56 Å². The van der Waals surface area contributed by atoms with Crippen LogP contribution in [0.15, 0.2) is 65.7 Å². The first-order valence-corrected chi connectivity index (χ1v) is 9.11. The molecule has 4 rings (SSSR count). The largest absolute Gasteiger partial charge is 0.496 e. The van der Waals surface area contributed by atoms with Gasteiger partial charge in [-0.3, -0.25) is 4.99 Å². The normalized spacial score (nSPS) is 11.1. The van der Waals surface area contributed by atoms with Gasteiger partial charge in [-0.05, 0) is 42.5 Å². The molecule has 1 aromatic heterocycles. The molecule has 0 bridgehead atoms. The van der Waals surface area contributed by atoms with E-state index in [2.05, 4.69) is 15.0 Å². The average Bonchev–Trinajstić information content (AvgIpc) is 3.21. The van der Waals surface area contributed by atoms with Crippen LogP contribution in [0.4, 0.5) is 5.69 Å². The number of nitrogens with zero attached hydrogens (tertiary/aromatic N) is 2. The molecule has 4 aromatic rings. The number of methoxy groups -OCH3 is 3. The van der Waals surface area contributed by atoms with Crippen molar-refractivity contribution < 1.29 is 14.2 Å². The van der Waals surface area contributed by atoms with E-state index in [0.717, 1.165) is 33.7 Å². The van der Waals surface area contributed by atoms with Gasteiger partial charge in [-0.15, -0.1) is 0 Å². The van der Waals surface area contributed by atoms with Crippen LogP contribution >= 0.6 is 0 Å². The fraction of sp³-hybridized carbons (Fsp3) is 0.130. The molecule has 1 heterocycles. The molecular weight excluding hydrogens is 366 g/mol.